The molecule has 0 saturated carbocycles. The number of ketones is 1. The van der Waals surface area contributed by atoms with Crippen LogP contribution in [0.4, 0.5) is 8.78 Å². The highest BCUT2D eigenvalue weighted by molar-refractivity contribution is 6.06. The number of benzene rings is 1. The van der Waals surface area contributed by atoms with Crippen molar-refractivity contribution in [1.82, 2.24) is 19.5 Å². The van der Waals surface area contributed by atoms with Crippen molar-refractivity contribution in [3.05, 3.63) is 96.1 Å². The second kappa shape index (κ2) is 7.11. The van der Waals surface area contributed by atoms with Crippen LogP contribution in [0.2, 0.25) is 0 Å². The first kappa shape index (κ1) is 17.7. The summed E-state index contributed by atoms with van der Waals surface area (Å²) >= 11 is 0. The number of aromatic nitrogens is 4. The van der Waals surface area contributed by atoms with Gasteiger partial charge in [0.25, 0.3) is 0 Å². The summed E-state index contributed by atoms with van der Waals surface area (Å²) in [6.07, 6.45) is 5.67. The molecular formula is C21H14F2N4O. The smallest absolute Gasteiger partial charge is 0.231 e. The molecule has 138 valence electrons. The Labute approximate surface area is 159 Å². The molecule has 0 atom stereocenters. The van der Waals surface area contributed by atoms with Crippen LogP contribution in [-0.2, 0) is 0 Å². The molecule has 0 aliphatic carbocycles. The van der Waals surface area contributed by atoms with E-state index in [1.54, 1.807) is 53.4 Å². The average molecular weight is 376 g/mol. The van der Waals surface area contributed by atoms with Crippen molar-refractivity contribution < 1.29 is 13.6 Å². The Bertz CT molecular complexity index is 1170. The molecule has 28 heavy (non-hydrogen) atoms. The lowest BCUT2D eigenvalue weighted by atomic mass is 10.1. The van der Waals surface area contributed by atoms with Gasteiger partial charge in [-0.3, -0.25) is 9.78 Å². The van der Waals surface area contributed by atoms with Gasteiger partial charge in [0.1, 0.15) is 23.5 Å². The van der Waals surface area contributed by atoms with Crippen molar-refractivity contribution in [2.75, 3.05) is 0 Å². The summed E-state index contributed by atoms with van der Waals surface area (Å²) in [6, 6.07) is 11.2. The number of pyridine rings is 2. The topological polar surface area (TPSA) is 60.7 Å². The molecular weight excluding hydrogens is 362 g/mol. The summed E-state index contributed by atoms with van der Waals surface area (Å²) in [7, 11) is 0. The van der Waals surface area contributed by atoms with E-state index in [2.05, 4.69) is 15.0 Å². The SMILES string of the molecule is Cc1ccnc(C(=O)c2cn(-c3cccc(-c4c(F)ccnc4F)c3)cn2)c1. The fourth-order valence-electron chi connectivity index (χ4n) is 2.87. The van der Waals surface area contributed by atoms with Crippen LogP contribution in [0.25, 0.3) is 16.8 Å². The van der Waals surface area contributed by atoms with Crippen molar-refractivity contribution >= 4 is 5.78 Å². The average Bonchev–Trinajstić information content (AvgIpc) is 3.18. The Morgan fingerprint density at radius 2 is 1.79 bits per heavy atom. The van der Waals surface area contributed by atoms with E-state index in [0.717, 1.165) is 17.8 Å². The highest BCUT2D eigenvalue weighted by Crippen LogP contribution is 2.26. The quantitative estimate of drug-likeness (QED) is 0.397. The molecule has 0 aliphatic heterocycles. The first-order chi connectivity index (χ1) is 13.5. The fourth-order valence-corrected chi connectivity index (χ4v) is 2.87. The van der Waals surface area contributed by atoms with Crippen LogP contribution in [0.15, 0.2) is 67.4 Å². The number of hydrogen-bond donors (Lipinski definition) is 0. The molecule has 5 nitrogen and oxygen atoms in total. The van der Waals surface area contributed by atoms with Crippen LogP contribution in [0.3, 0.4) is 0 Å². The van der Waals surface area contributed by atoms with Gasteiger partial charge in [-0.05, 0) is 48.4 Å². The standard InChI is InChI=1S/C21H14F2N4O/c1-13-5-7-24-17(9-13)20(28)18-11-27(12-26-18)15-4-2-3-14(10-15)19-16(22)6-8-25-21(19)23/h2-12H,1H3. The van der Waals surface area contributed by atoms with Gasteiger partial charge in [0.05, 0.1) is 5.56 Å². The Morgan fingerprint density at radius 1 is 0.964 bits per heavy atom. The summed E-state index contributed by atoms with van der Waals surface area (Å²) in [4.78, 5) is 24.3. The molecule has 4 aromatic rings. The highest BCUT2D eigenvalue weighted by atomic mass is 19.1. The molecule has 7 heteroatoms. The molecule has 0 radical (unpaired) electrons. The van der Waals surface area contributed by atoms with Gasteiger partial charge in [0.2, 0.25) is 11.7 Å². The predicted molar refractivity (Wildman–Crippen MR) is 99.1 cm³/mol. The van der Waals surface area contributed by atoms with Gasteiger partial charge in [0, 0.05) is 24.3 Å². The van der Waals surface area contributed by atoms with E-state index in [0.29, 0.717) is 16.9 Å². The van der Waals surface area contributed by atoms with Gasteiger partial charge in [-0.25, -0.2) is 14.4 Å². The van der Waals surface area contributed by atoms with Crippen LogP contribution in [0.5, 0.6) is 0 Å². The number of hydrogen-bond acceptors (Lipinski definition) is 4. The van der Waals surface area contributed by atoms with Crippen molar-refractivity contribution in [3.63, 3.8) is 0 Å². The van der Waals surface area contributed by atoms with E-state index in [1.807, 2.05) is 6.92 Å². The number of aryl methyl sites for hydroxylation is 1. The molecule has 0 unspecified atom stereocenters. The number of carbonyl (C=O) groups excluding carboxylic acids is 1. The lowest BCUT2D eigenvalue weighted by molar-refractivity contribution is 0.103. The fraction of sp³-hybridized carbons (Fsp3) is 0.0476. The zero-order valence-electron chi connectivity index (χ0n) is 14.8. The lowest BCUT2D eigenvalue weighted by Crippen LogP contribution is -2.04. The lowest BCUT2D eigenvalue weighted by Gasteiger charge is -2.07. The third kappa shape index (κ3) is 3.29. The molecule has 0 aliphatic rings. The van der Waals surface area contributed by atoms with Crippen LogP contribution in [0, 0.1) is 18.7 Å². The molecule has 4 rings (SSSR count). The minimum Gasteiger partial charge on any atom is -0.306 e. The van der Waals surface area contributed by atoms with Gasteiger partial charge in [-0.1, -0.05) is 12.1 Å². The maximum Gasteiger partial charge on any atom is 0.231 e. The van der Waals surface area contributed by atoms with Gasteiger partial charge in [-0.15, -0.1) is 0 Å². The Morgan fingerprint density at radius 3 is 2.57 bits per heavy atom. The Balaban J connectivity index is 1.69. The molecule has 0 fully saturated rings. The molecule has 0 bridgehead atoms. The third-order valence-electron chi connectivity index (χ3n) is 4.25. The van der Waals surface area contributed by atoms with E-state index in [1.165, 1.54) is 6.33 Å². The zero-order valence-corrected chi connectivity index (χ0v) is 14.8. The van der Waals surface area contributed by atoms with Crippen molar-refractivity contribution in [2.24, 2.45) is 0 Å². The Hall–Kier alpha value is -3.74. The molecule has 1 aromatic carbocycles. The van der Waals surface area contributed by atoms with Gasteiger partial charge >= 0.3 is 0 Å². The first-order valence-electron chi connectivity index (χ1n) is 8.45. The molecule has 0 amide bonds. The van der Waals surface area contributed by atoms with E-state index < -0.39 is 11.8 Å². The van der Waals surface area contributed by atoms with Gasteiger partial charge < -0.3 is 4.57 Å². The summed E-state index contributed by atoms with van der Waals surface area (Å²) in [5.74, 6) is -1.89. The first-order valence-corrected chi connectivity index (χ1v) is 8.45. The molecule has 0 N–H and O–H groups in total. The number of nitrogens with zero attached hydrogens (tertiary/aromatic N) is 4. The van der Waals surface area contributed by atoms with Crippen LogP contribution < -0.4 is 0 Å². The number of imidazole rings is 1. The maximum atomic E-state index is 14.0. The van der Waals surface area contributed by atoms with Gasteiger partial charge in [-0.2, -0.15) is 4.39 Å². The largest absolute Gasteiger partial charge is 0.306 e. The predicted octanol–water partition coefficient (Wildman–Crippen LogP) is 4.15. The van der Waals surface area contributed by atoms with Crippen LogP contribution in [0.1, 0.15) is 21.7 Å². The molecule has 0 spiro atoms. The molecule has 3 aromatic heterocycles. The molecule has 3 heterocycles. The second-order valence-electron chi connectivity index (χ2n) is 6.22. The third-order valence-corrected chi connectivity index (χ3v) is 4.25. The summed E-state index contributed by atoms with van der Waals surface area (Å²) in [5.41, 5.74) is 2.18. The number of halogens is 2. The monoisotopic (exact) mass is 376 g/mol. The maximum absolute atomic E-state index is 14.0. The van der Waals surface area contributed by atoms with Crippen LogP contribution >= 0.6 is 0 Å². The van der Waals surface area contributed by atoms with Crippen molar-refractivity contribution in [3.8, 4) is 16.8 Å². The minimum atomic E-state index is -0.885. The summed E-state index contributed by atoms with van der Waals surface area (Å²) < 4.78 is 29.6. The van der Waals surface area contributed by atoms with Gasteiger partial charge in [0.15, 0.2) is 0 Å². The highest BCUT2D eigenvalue weighted by Gasteiger charge is 2.16. The van der Waals surface area contributed by atoms with E-state index in [-0.39, 0.29) is 17.0 Å². The number of carbonyl (C=O) groups is 1. The number of rotatable bonds is 4. The molecule has 0 saturated heterocycles. The van der Waals surface area contributed by atoms with Crippen molar-refractivity contribution in [1.29, 1.82) is 0 Å². The second-order valence-corrected chi connectivity index (χ2v) is 6.22. The summed E-state index contributed by atoms with van der Waals surface area (Å²) in [5, 5.41) is 0. The van der Waals surface area contributed by atoms with E-state index >= 15 is 0 Å². The van der Waals surface area contributed by atoms with E-state index in [9.17, 15) is 13.6 Å². The minimum absolute atomic E-state index is 0.204. The normalized spacial score (nSPS) is 10.8. The Kier molecular flexibility index (Phi) is 4.49. The van der Waals surface area contributed by atoms with E-state index in [4.69, 9.17) is 0 Å². The summed E-state index contributed by atoms with van der Waals surface area (Å²) in [6.45, 7) is 1.87. The van der Waals surface area contributed by atoms with Crippen molar-refractivity contribution in [2.45, 2.75) is 6.92 Å². The van der Waals surface area contributed by atoms with Crippen LogP contribution in [-0.4, -0.2) is 25.3 Å². The zero-order chi connectivity index (χ0) is 19.7.